The van der Waals surface area contributed by atoms with Crippen molar-refractivity contribution in [3.05, 3.63) is 52.7 Å². The van der Waals surface area contributed by atoms with E-state index >= 15 is 0 Å². The molecule has 0 unspecified atom stereocenters. The van der Waals surface area contributed by atoms with E-state index in [-0.39, 0.29) is 34.1 Å². The number of hydrogen-bond donors (Lipinski definition) is 6. The number of phenolic OH excluding ortho intramolecular Hbond substituents is 2. The minimum Gasteiger partial charge on any atom is -0.508 e. The smallest absolute Gasteiger partial charge is 0.317 e. The third-order valence-corrected chi connectivity index (χ3v) is 6.09. The first-order valence-electron chi connectivity index (χ1n) is 12.4. The van der Waals surface area contributed by atoms with Crippen LogP contribution in [-0.2, 0) is 33.4 Å². The van der Waals surface area contributed by atoms with Crippen LogP contribution in [0.15, 0.2) is 51.7 Å². The third kappa shape index (κ3) is 7.37. The Kier molecular flexibility index (Phi) is 9.13. The van der Waals surface area contributed by atoms with Gasteiger partial charge in [0.15, 0.2) is 29.1 Å². The van der Waals surface area contributed by atoms with Crippen molar-refractivity contribution >= 4 is 23.9 Å². The maximum Gasteiger partial charge on any atom is 0.317 e. The van der Waals surface area contributed by atoms with Crippen LogP contribution in [0.1, 0.15) is 12.8 Å². The van der Waals surface area contributed by atoms with E-state index < -0.39 is 85.2 Å². The Hall–Kier alpha value is -5.19. The lowest BCUT2D eigenvalue weighted by Gasteiger charge is -2.41. The maximum atomic E-state index is 12.1. The molecule has 16 nitrogen and oxygen atoms in total. The number of carboxylic acid groups (broad SMARTS) is 2. The molecule has 5 atom stereocenters. The van der Waals surface area contributed by atoms with Crippen LogP contribution in [0.3, 0.4) is 0 Å². The topological polar surface area (TPSA) is 257 Å². The fourth-order valence-electron chi connectivity index (χ4n) is 4.14. The normalized spacial score (nSPS) is 21.6. The number of ether oxygens (including phenoxy) is 4. The Bertz CT molecular complexity index is 1540. The van der Waals surface area contributed by atoms with Gasteiger partial charge in [-0.05, 0) is 30.3 Å². The van der Waals surface area contributed by atoms with Crippen molar-refractivity contribution in [3.63, 3.8) is 0 Å². The van der Waals surface area contributed by atoms with E-state index in [1.807, 2.05) is 0 Å². The molecule has 1 saturated heterocycles. The fraction of sp³-hybridized carbons (Fsp3) is 0.296. The van der Waals surface area contributed by atoms with Gasteiger partial charge in [-0.3, -0.25) is 24.0 Å². The van der Waals surface area contributed by atoms with E-state index in [1.165, 1.54) is 30.3 Å². The van der Waals surface area contributed by atoms with Crippen LogP contribution in [0.25, 0.3) is 22.6 Å². The van der Waals surface area contributed by atoms with Gasteiger partial charge < -0.3 is 54.0 Å². The number of carbonyl (C=O) groups excluding carboxylic acids is 2. The van der Waals surface area contributed by atoms with Crippen LogP contribution in [0, 0.1) is 0 Å². The standard InChI is InChI=1S/C27H24O16/c28-12-3-1-11(2-4-12)25-17(7-14-15(30)5-13(29)6-16(14)40-25)41-27-24(38)26(43-22(36)9-20(33)34)23(37)18(42-27)10-39-21(35)8-19(31)32/h1-7,18,23-24,26-28,30,37-38H,8-10H2,(H,31,32)(H,33,34)/t18-,23-,24-,26+,27-/m1/s1. The van der Waals surface area contributed by atoms with E-state index in [0.29, 0.717) is 0 Å². The largest absolute Gasteiger partial charge is 0.508 e. The van der Waals surface area contributed by atoms with E-state index in [4.69, 9.17) is 33.6 Å². The number of fused-ring (bicyclic) bond motifs is 1. The summed E-state index contributed by atoms with van der Waals surface area (Å²) in [5.74, 6) is -6.59. The van der Waals surface area contributed by atoms with E-state index in [9.17, 15) is 44.4 Å². The van der Waals surface area contributed by atoms with Gasteiger partial charge in [-0.15, -0.1) is 0 Å². The second-order valence-corrected chi connectivity index (χ2v) is 9.26. The van der Waals surface area contributed by atoms with Crippen molar-refractivity contribution in [2.75, 3.05) is 6.61 Å². The Morgan fingerprint density at radius 2 is 1.51 bits per heavy atom. The second-order valence-electron chi connectivity index (χ2n) is 9.26. The minimum absolute atomic E-state index is 0.00829. The molecule has 0 radical (unpaired) electrons. The van der Waals surface area contributed by atoms with Crippen molar-refractivity contribution in [2.45, 2.75) is 43.5 Å². The van der Waals surface area contributed by atoms with Gasteiger partial charge in [-0.2, -0.15) is 0 Å². The number of aliphatic hydroxyl groups is 2. The van der Waals surface area contributed by atoms with Gasteiger partial charge in [0.25, 0.3) is 0 Å². The number of benzene rings is 2. The molecule has 2 aliphatic heterocycles. The van der Waals surface area contributed by atoms with E-state index in [1.54, 1.807) is 0 Å². The van der Waals surface area contributed by atoms with Crippen molar-refractivity contribution in [1.82, 2.24) is 0 Å². The van der Waals surface area contributed by atoms with Crippen LogP contribution in [0.2, 0.25) is 0 Å². The molecule has 228 valence electrons. The SMILES string of the molecule is O=C(O)CC(=O)OC[C@H]1O[C@@H](Oc2cc3c(O)cc(=O)cc-3oc2-c2ccc(O)cc2)[C@H](O)[C@@H](OC(=O)CC(=O)O)[C@@H]1O. The monoisotopic (exact) mass is 604 g/mol. The molecule has 0 spiro atoms. The zero-order valence-corrected chi connectivity index (χ0v) is 21.8. The summed E-state index contributed by atoms with van der Waals surface area (Å²) < 4.78 is 27.1. The molecule has 6 N–H and O–H groups in total. The average Bonchev–Trinajstić information content (AvgIpc) is 2.91. The maximum absolute atomic E-state index is 12.1. The van der Waals surface area contributed by atoms with Gasteiger partial charge in [0.05, 0.1) is 5.56 Å². The van der Waals surface area contributed by atoms with Gasteiger partial charge in [-0.1, -0.05) is 0 Å². The number of aliphatic carboxylic acids is 2. The van der Waals surface area contributed by atoms with Crippen molar-refractivity contribution < 1.29 is 73.2 Å². The lowest BCUT2D eigenvalue weighted by Crippen LogP contribution is -2.61. The first-order chi connectivity index (χ1) is 20.3. The number of aromatic hydroxyl groups is 2. The second kappa shape index (κ2) is 12.8. The van der Waals surface area contributed by atoms with Gasteiger partial charge in [0, 0.05) is 17.7 Å². The summed E-state index contributed by atoms with van der Waals surface area (Å²) in [4.78, 5) is 57.6. The summed E-state index contributed by atoms with van der Waals surface area (Å²) >= 11 is 0. The number of carbonyl (C=O) groups is 4. The van der Waals surface area contributed by atoms with Crippen LogP contribution >= 0.6 is 0 Å². The molecular formula is C27H24O16. The molecule has 16 heteroatoms. The molecule has 43 heavy (non-hydrogen) atoms. The molecular weight excluding hydrogens is 580 g/mol. The number of hydrogen-bond acceptors (Lipinski definition) is 14. The Morgan fingerprint density at radius 1 is 0.860 bits per heavy atom. The van der Waals surface area contributed by atoms with Crippen LogP contribution in [0.4, 0.5) is 0 Å². The van der Waals surface area contributed by atoms with Crippen LogP contribution in [0.5, 0.6) is 17.2 Å². The molecule has 4 rings (SSSR count). The number of carboxylic acids is 2. The van der Waals surface area contributed by atoms with Crippen molar-refractivity contribution in [3.8, 4) is 39.9 Å². The highest BCUT2D eigenvalue weighted by Crippen LogP contribution is 2.42. The molecule has 3 aliphatic rings. The zero-order chi connectivity index (χ0) is 31.4. The minimum atomic E-state index is -2.00. The van der Waals surface area contributed by atoms with Gasteiger partial charge >= 0.3 is 23.9 Å². The number of phenols is 2. The number of aliphatic hydroxyl groups excluding tert-OH is 2. The highest BCUT2D eigenvalue weighted by atomic mass is 16.7. The predicted octanol–water partition coefficient (Wildman–Crippen LogP) is 0.0527. The molecule has 1 aromatic carbocycles. The van der Waals surface area contributed by atoms with Gasteiger partial charge in [0.1, 0.15) is 48.9 Å². The lowest BCUT2D eigenvalue weighted by atomic mass is 9.98. The molecule has 1 aromatic rings. The first kappa shape index (κ1) is 30.8. The van der Waals surface area contributed by atoms with Crippen LogP contribution in [-0.4, -0.2) is 91.8 Å². The van der Waals surface area contributed by atoms with E-state index in [0.717, 1.165) is 12.1 Å². The zero-order valence-electron chi connectivity index (χ0n) is 21.8. The quantitative estimate of drug-likeness (QED) is 0.132. The first-order valence-corrected chi connectivity index (χ1v) is 12.4. The van der Waals surface area contributed by atoms with Gasteiger partial charge in [-0.25, -0.2) is 0 Å². The molecule has 2 heterocycles. The molecule has 0 saturated carbocycles. The summed E-state index contributed by atoms with van der Waals surface area (Å²) in [5, 5.41) is 59.5. The van der Waals surface area contributed by atoms with Crippen molar-refractivity contribution in [1.29, 1.82) is 0 Å². The number of esters is 2. The molecule has 0 amide bonds. The average molecular weight is 604 g/mol. The summed E-state index contributed by atoms with van der Waals surface area (Å²) in [6, 6.07) is 8.66. The highest BCUT2D eigenvalue weighted by Gasteiger charge is 2.49. The summed E-state index contributed by atoms with van der Waals surface area (Å²) in [6.07, 6.45) is -11.4. The molecule has 0 aromatic heterocycles. The Labute approximate surface area is 240 Å². The lowest BCUT2D eigenvalue weighted by molar-refractivity contribution is -0.282. The fourth-order valence-corrected chi connectivity index (χ4v) is 4.14. The predicted molar refractivity (Wildman–Crippen MR) is 137 cm³/mol. The summed E-state index contributed by atoms with van der Waals surface area (Å²) in [7, 11) is 0. The Balaban J connectivity index is 1.72. The van der Waals surface area contributed by atoms with Crippen molar-refractivity contribution in [2.24, 2.45) is 0 Å². The summed E-state index contributed by atoms with van der Waals surface area (Å²) in [5.41, 5.74) is -0.309. The molecule has 1 fully saturated rings. The Morgan fingerprint density at radius 3 is 2.16 bits per heavy atom. The highest BCUT2D eigenvalue weighted by molar-refractivity contribution is 5.90. The molecule has 0 bridgehead atoms. The third-order valence-electron chi connectivity index (χ3n) is 6.09. The van der Waals surface area contributed by atoms with E-state index in [2.05, 4.69) is 0 Å². The summed E-state index contributed by atoms with van der Waals surface area (Å²) in [6.45, 7) is -0.799. The molecule has 1 aliphatic carbocycles. The van der Waals surface area contributed by atoms with Crippen LogP contribution < -0.4 is 10.2 Å². The van der Waals surface area contributed by atoms with Gasteiger partial charge in [0.2, 0.25) is 6.29 Å². The number of rotatable bonds is 10.